The molecule has 0 radical (unpaired) electrons. The molecule has 1 heterocycles. The predicted octanol–water partition coefficient (Wildman–Crippen LogP) is 4.18. The second kappa shape index (κ2) is 5.54. The number of benzene rings is 3. The molecule has 4 rings (SSSR count). The van der Waals surface area contributed by atoms with Crippen molar-refractivity contribution < 1.29 is 9.53 Å². The Morgan fingerprint density at radius 1 is 0.826 bits per heavy atom. The first-order valence-electron chi connectivity index (χ1n) is 7.37. The van der Waals surface area contributed by atoms with Gasteiger partial charge in [0.05, 0.1) is 0 Å². The van der Waals surface area contributed by atoms with Crippen LogP contribution in [-0.2, 0) is 9.53 Å². The summed E-state index contributed by atoms with van der Waals surface area (Å²) in [5, 5.41) is 2.21. The third kappa shape index (κ3) is 2.53. The summed E-state index contributed by atoms with van der Waals surface area (Å²) in [6, 6.07) is 23.5. The van der Waals surface area contributed by atoms with Crippen molar-refractivity contribution in [1.82, 2.24) is 0 Å². The van der Waals surface area contributed by atoms with E-state index in [1.54, 1.807) is 6.08 Å². The molecular formula is C20H13NO2. The zero-order valence-corrected chi connectivity index (χ0v) is 12.3. The second-order valence-corrected chi connectivity index (χ2v) is 5.27. The highest BCUT2D eigenvalue weighted by Crippen LogP contribution is 2.24. The van der Waals surface area contributed by atoms with E-state index in [9.17, 15) is 4.79 Å². The largest absolute Gasteiger partial charge is 0.402 e. The summed E-state index contributed by atoms with van der Waals surface area (Å²) >= 11 is 0. The number of carbonyl (C=O) groups is 1. The molecule has 3 aromatic rings. The highest BCUT2D eigenvalue weighted by molar-refractivity contribution is 6.13. The molecule has 0 saturated carbocycles. The molecule has 3 aromatic carbocycles. The van der Waals surface area contributed by atoms with Gasteiger partial charge < -0.3 is 4.74 Å². The standard InChI is InChI=1S/C20H13NO2/c22-20-18(21-19(23-20)15-8-2-1-3-9-15)13-16-11-6-10-14-7-4-5-12-17(14)16/h1-13H/b18-13-. The highest BCUT2D eigenvalue weighted by atomic mass is 16.6. The van der Waals surface area contributed by atoms with E-state index in [0.29, 0.717) is 11.6 Å². The van der Waals surface area contributed by atoms with Gasteiger partial charge in [-0.2, -0.15) is 0 Å². The lowest BCUT2D eigenvalue weighted by atomic mass is 10.0. The maximum atomic E-state index is 12.1. The molecule has 110 valence electrons. The summed E-state index contributed by atoms with van der Waals surface area (Å²) in [6.45, 7) is 0. The van der Waals surface area contributed by atoms with Gasteiger partial charge in [0.2, 0.25) is 5.90 Å². The number of esters is 1. The highest BCUT2D eigenvalue weighted by Gasteiger charge is 2.24. The summed E-state index contributed by atoms with van der Waals surface area (Å²) in [5.41, 5.74) is 2.07. The quantitative estimate of drug-likeness (QED) is 0.526. The summed E-state index contributed by atoms with van der Waals surface area (Å²) < 4.78 is 5.29. The normalized spacial score (nSPS) is 15.7. The number of hydrogen-bond donors (Lipinski definition) is 0. The second-order valence-electron chi connectivity index (χ2n) is 5.27. The van der Waals surface area contributed by atoms with Gasteiger partial charge in [0.1, 0.15) is 0 Å². The minimum Gasteiger partial charge on any atom is -0.402 e. The number of fused-ring (bicyclic) bond motifs is 1. The predicted molar refractivity (Wildman–Crippen MR) is 91.0 cm³/mol. The monoisotopic (exact) mass is 299 g/mol. The van der Waals surface area contributed by atoms with Crippen LogP contribution in [0.2, 0.25) is 0 Å². The molecule has 3 nitrogen and oxygen atoms in total. The molecule has 1 aliphatic rings. The Kier molecular flexibility index (Phi) is 3.24. The van der Waals surface area contributed by atoms with E-state index in [4.69, 9.17) is 4.74 Å². The number of rotatable bonds is 2. The van der Waals surface area contributed by atoms with Crippen LogP contribution >= 0.6 is 0 Å². The van der Waals surface area contributed by atoms with Crippen molar-refractivity contribution >= 4 is 28.7 Å². The van der Waals surface area contributed by atoms with Crippen LogP contribution in [0.15, 0.2) is 83.5 Å². The van der Waals surface area contributed by atoms with Gasteiger partial charge in [-0.15, -0.1) is 0 Å². The minimum atomic E-state index is -0.420. The van der Waals surface area contributed by atoms with E-state index >= 15 is 0 Å². The van der Waals surface area contributed by atoms with Crippen LogP contribution in [0.25, 0.3) is 16.8 Å². The van der Waals surface area contributed by atoms with Crippen molar-refractivity contribution in [3.05, 3.63) is 89.6 Å². The first-order chi connectivity index (χ1) is 11.3. The zero-order valence-electron chi connectivity index (χ0n) is 12.3. The maximum absolute atomic E-state index is 12.1. The maximum Gasteiger partial charge on any atom is 0.363 e. The van der Waals surface area contributed by atoms with Gasteiger partial charge in [0, 0.05) is 5.56 Å². The van der Waals surface area contributed by atoms with Gasteiger partial charge in [-0.3, -0.25) is 0 Å². The molecule has 1 aliphatic heterocycles. The average molecular weight is 299 g/mol. The molecule has 0 aromatic heterocycles. The molecule has 0 unspecified atom stereocenters. The number of aliphatic imine (C=N–C) groups is 1. The number of hydrogen-bond acceptors (Lipinski definition) is 3. The SMILES string of the molecule is O=C1OC(c2ccccc2)=N/C1=C\c1cccc2ccccc12. The van der Waals surface area contributed by atoms with Gasteiger partial charge in [-0.05, 0) is 34.5 Å². The van der Waals surface area contributed by atoms with E-state index < -0.39 is 5.97 Å². The third-order valence-electron chi connectivity index (χ3n) is 3.76. The van der Waals surface area contributed by atoms with Crippen LogP contribution in [0.3, 0.4) is 0 Å². The molecular weight excluding hydrogens is 286 g/mol. The van der Waals surface area contributed by atoms with Gasteiger partial charge in [-0.25, -0.2) is 9.79 Å². The molecule has 0 amide bonds. The molecule has 0 saturated heterocycles. The van der Waals surface area contributed by atoms with E-state index in [1.807, 2.05) is 72.8 Å². The summed E-state index contributed by atoms with van der Waals surface area (Å²) in [4.78, 5) is 16.4. The first kappa shape index (κ1) is 13.5. The Labute approximate surface area is 133 Å². The number of cyclic esters (lactones) is 1. The zero-order chi connectivity index (χ0) is 15.6. The molecule has 23 heavy (non-hydrogen) atoms. The summed E-state index contributed by atoms with van der Waals surface area (Å²) in [7, 11) is 0. The van der Waals surface area contributed by atoms with Gasteiger partial charge in [0.25, 0.3) is 0 Å². The Morgan fingerprint density at radius 3 is 2.43 bits per heavy atom. The lowest BCUT2D eigenvalue weighted by Crippen LogP contribution is -2.04. The molecule has 0 aliphatic carbocycles. The van der Waals surface area contributed by atoms with Crippen LogP contribution in [0.4, 0.5) is 0 Å². The van der Waals surface area contributed by atoms with Crippen LogP contribution in [0.5, 0.6) is 0 Å². The summed E-state index contributed by atoms with van der Waals surface area (Å²) in [6.07, 6.45) is 1.78. The van der Waals surface area contributed by atoms with Crippen molar-refractivity contribution in [1.29, 1.82) is 0 Å². The number of nitrogens with zero attached hydrogens (tertiary/aromatic N) is 1. The lowest BCUT2D eigenvalue weighted by Gasteiger charge is -2.01. The molecule has 0 N–H and O–H groups in total. The van der Waals surface area contributed by atoms with E-state index in [0.717, 1.165) is 21.9 Å². The van der Waals surface area contributed by atoms with Crippen molar-refractivity contribution in [3.8, 4) is 0 Å². The molecule has 3 heteroatoms. The van der Waals surface area contributed by atoms with Crippen molar-refractivity contribution in [2.45, 2.75) is 0 Å². The van der Waals surface area contributed by atoms with Crippen LogP contribution in [-0.4, -0.2) is 11.9 Å². The Bertz CT molecular complexity index is 950. The van der Waals surface area contributed by atoms with Crippen LogP contribution in [0.1, 0.15) is 11.1 Å². The Hall–Kier alpha value is -3.20. The fraction of sp³-hybridized carbons (Fsp3) is 0. The van der Waals surface area contributed by atoms with Gasteiger partial charge >= 0.3 is 5.97 Å². The Balaban J connectivity index is 1.79. The number of ether oxygens (including phenoxy) is 1. The fourth-order valence-electron chi connectivity index (χ4n) is 2.64. The van der Waals surface area contributed by atoms with Crippen molar-refractivity contribution in [3.63, 3.8) is 0 Å². The lowest BCUT2D eigenvalue weighted by molar-refractivity contribution is -0.129. The minimum absolute atomic E-state index is 0.320. The molecule has 0 fully saturated rings. The van der Waals surface area contributed by atoms with E-state index in [1.165, 1.54) is 0 Å². The molecule has 0 bridgehead atoms. The van der Waals surface area contributed by atoms with E-state index in [-0.39, 0.29) is 0 Å². The first-order valence-corrected chi connectivity index (χ1v) is 7.37. The Morgan fingerprint density at radius 2 is 1.57 bits per heavy atom. The number of carbonyl (C=O) groups excluding carboxylic acids is 1. The topological polar surface area (TPSA) is 38.7 Å². The van der Waals surface area contributed by atoms with Crippen LogP contribution in [0, 0.1) is 0 Å². The van der Waals surface area contributed by atoms with Crippen molar-refractivity contribution in [2.75, 3.05) is 0 Å². The third-order valence-corrected chi connectivity index (χ3v) is 3.76. The van der Waals surface area contributed by atoms with E-state index in [2.05, 4.69) is 4.99 Å². The fourth-order valence-corrected chi connectivity index (χ4v) is 2.64. The average Bonchev–Trinajstić information content (AvgIpc) is 2.97. The smallest absolute Gasteiger partial charge is 0.363 e. The van der Waals surface area contributed by atoms with Crippen molar-refractivity contribution in [2.24, 2.45) is 4.99 Å². The summed E-state index contributed by atoms with van der Waals surface area (Å²) in [5.74, 6) is -0.0705. The van der Waals surface area contributed by atoms with Gasteiger partial charge in [-0.1, -0.05) is 60.7 Å². The molecule has 0 atom stereocenters. The van der Waals surface area contributed by atoms with Gasteiger partial charge in [0.15, 0.2) is 5.70 Å². The molecule has 0 spiro atoms. The van der Waals surface area contributed by atoms with Crippen LogP contribution < -0.4 is 0 Å².